The SMILES string of the molecule is CCCOc1cc(-c2cccc(CCCc3nn(Cc4ccc(C(C)(C)C)cc4)c(=O)n3CC)c2)ccc1CC(=O)O.CCn1c(CCCc2cccc(-c3ccc(OC(C)C)c(CC(C)=O)c3)c2)nn(Cc2ccc(C(C)(C)C)cc2)c1=O. The molecule has 0 bridgehead atoms. The summed E-state index contributed by atoms with van der Waals surface area (Å²) >= 11 is 0. The molecule has 0 amide bonds. The lowest BCUT2D eigenvalue weighted by molar-refractivity contribution is -0.136. The second kappa shape index (κ2) is 29.0. The molecule has 0 atom stereocenters. The maximum Gasteiger partial charge on any atom is 0.346 e. The van der Waals surface area contributed by atoms with Gasteiger partial charge in [-0.1, -0.05) is 164 Å². The van der Waals surface area contributed by atoms with Crippen LogP contribution in [0.3, 0.4) is 0 Å². The van der Waals surface area contributed by atoms with Crippen molar-refractivity contribution < 1.29 is 24.2 Å². The zero-order valence-corrected chi connectivity index (χ0v) is 51.8. The molecule has 84 heavy (non-hydrogen) atoms. The van der Waals surface area contributed by atoms with Gasteiger partial charge in [0.2, 0.25) is 0 Å². The molecule has 0 aliphatic carbocycles. The molecule has 8 rings (SSSR count). The lowest BCUT2D eigenvalue weighted by Crippen LogP contribution is -2.25. The van der Waals surface area contributed by atoms with Crippen LogP contribution in [0.1, 0.15) is 159 Å². The van der Waals surface area contributed by atoms with E-state index in [0.29, 0.717) is 56.9 Å². The molecule has 0 saturated carbocycles. The van der Waals surface area contributed by atoms with Crippen molar-refractivity contribution in [3.8, 4) is 33.8 Å². The van der Waals surface area contributed by atoms with Crippen molar-refractivity contribution in [2.24, 2.45) is 0 Å². The Morgan fingerprint density at radius 2 is 1.00 bits per heavy atom. The number of aryl methyl sites for hydroxylation is 4. The Morgan fingerprint density at radius 1 is 0.536 bits per heavy atom. The summed E-state index contributed by atoms with van der Waals surface area (Å²) in [4.78, 5) is 49.4. The van der Waals surface area contributed by atoms with Crippen molar-refractivity contribution in [2.45, 2.75) is 184 Å². The molecule has 0 aliphatic heterocycles. The van der Waals surface area contributed by atoms with E-state index in [9.17, 15) is 24.3 Å². The first-order valence-corrected chi connectivity index (χ1v) is 30.0. The van der Waals surface area contributed by atoms with Gasteiger partial charge in [0.05, 0.1) is 32.2 Å². The first-order chi connectivity index (χ1) is 40.0. The van der Waals surface area contributed by atoms with E-state index in [1.807, 2.05) is 65.0 Å². The van der Waals surface area contributed by atoms with Crippen LogP contribution < -0.4 is 20.9 Å². The van der Waals surface area contributed by atoms with Crippen molar-refractivity contribution >= 4 is 11.8 Å². The fraction of sp³-hybridized carbons (Fsp3) is 0.408. The molecular formula is C71H88N6O7. The highest BCUT2D eigenvalue weighted by Gasteiger charge is 2.19. The first-order valence-electron chi connectivity index (χ1n) is 30.0. The van der Waals surface area contributed by atoms with Gasteiger partial charge in [-0.15, -0.1) is 0 Å². The minimum absolute atomic E-state index is 0.0420. The molecule has 0 radical (unpaired) electrons. The highest BCUT2D eigenvalue weighted by atomic mass is 16.5. The van der Waals surface area contributed by atoms with Crippen LogP contribution in [0, 0.1) is 0 Å². The summed E-state index contributed by atoms with van der Waals surface area (Å²) in [5, 5.41) is 18.7. The maximum absolute atomic E-state index is 13.1. The van der Waals surface area contributed by atoms with Gasteiger partial charge in [-0.05, 0) is 151 Å². The van der Waals surface area contributed by atoms with Crippen LogP contribution in [0.15, 0.2) is 143 Å². The highest BCUT2D eigenvalue weighted by Crippen LogP contribution is 2.31. The van der Waals surface area contributed by atoms with Crippen LogP contribution in [0.5, 0.6) is 11.5 Å². The van der Waals surface area contributed by atoms with Crippen LogP contribution in [-0.2, 0) is 85.1 Å². The van der Waals surface area contributed by atoms with Gasteiger partial charge in [-0.2, -0.15) is 10.2 Å². The van der Waals surface area contributed by atoms with E-state index >= 15 is 0 Å². The second-order valence-corrected chi connectivity index (χ2v) is 24.3. The van der Waals surface area contributed by atoms with Crippen molar-refractivity contribution in [3.63, 3.8) is 0 Å². The number of carbonyl (C=O) groups excluding carboxylic acids is 1. The monoisotopic (exact) mass is 1140 g/mol. The van der Waals surface area contributed by atoms with Crippen molar-refractivity contribution in [2.75, 3.05) is 6.61 Å². The Morgan fingerprint density at radius 3 is 1.43 bits per heavy atom. The Hall–Kier alpha value is -8.06. The molecule has 6 aromatic carbocycles. The zero-order chi connectivity index (χ0) is 60.7. The first kappa shape index (κ1) is 63.5. The molecule has 0 aliphatic rings. The Labute approximate surface area is 497 Å². The van der Waals surface area contributed by atoms with E-state index < -0.39 is 5.97 Å². The average molecular weight is 1140 g/mol. The number of hydrogen-bond acceptors (Lipinski definition) is 8. The van der Waals surface area contributed by atoms with Gasteiger partial charge in [0.25, 0.3) is 0 Å². The van der Waals surface area contributed by atoms with Crippen LogP contribution in [0.2, 0.25) is 0 Å². The number of Topliss-reactive ketones (excluding diaryl/α,β-unsaturated/α-hetero) is 1. The zero-order valence-electron chi connectivity index (χ0n) is 51.8. The number of nitrogens with zero attached hydrogens (tertiary/aromatic N) is 6. The summed E-state index contributed by atoms with van der Waals surface area (Å²) in [5.41, 5.74) is 13.0. The van der Waals surface area contributed by atoms with Gasteiger partial charge in [0.1, 0.15) is 28.9 Å². The molecule has 0 fully saturated rings. The molecule has 2 aromatic heterocycles. The summed E-state index contributed by atoms with van der Waals surface area (Å²) in [6, 6.07) is 45.7. The molecule has 0 saturated heterocycles. The number of benzene rings is 6. The van der Waals surface area contributed by atoms with Crippen molar-refractivity contribution in [1.82, 2.24) is 28.7 Å². The third-order valence-electron chi connectivity index (χ3n) is 14.9. The van der Waals surface area contributed by atoms with Crippen LogP contribution >= 0.6 is 0 Å². The molecular weight excluding hydrogens is 1050 g/mol. The third kappa shape index (κ3) is 17.5. The van der Waals surface area contributed by atoms with Crippen molar-refractivity contribution in [3.05, 3.63) is 211 Å². The Bertz CT molecular complexity index is 3600. The molecule has 0 unspecified atom stereocenters. The molecule has 13 nitrogen and oxygen atoms in total. The number of ketones is 1. The number of carboxylic acid groups (broad SMARTS) is 1. The number of ether oxygens (including phenoxy) is 2. The molecule has 1 N–H and O–H groups in total. The quantitative estimate of drug-likeness (QED) is 0.0589. The number of carboxylic acids is 1. The van der Waals surface area contributed by atoms with Gasteiger partial charge in [-0.3, -0.25) is 18.7 Å². The van der Waals surface area contributed by atoms with Gasteiger partial charge < -0.3 is 14.6 Å². The molecule has 444 valence electrons. The van der Waals surface area contributed by atoms with Crippen LogP contribution in [-0.4, -0.2) is 58.3 Å². The fourth-order valence-electron chi connectivity index (χ4n) is 10.4. The normalized spacial score (nSPS) is 11.6. The summed E-state index contributed by atoms with van der Waals surface area (Å²) < 4.78 is 18.6. The van der Waals surface area contributed by atoms with E-state index in [-0.39, 0.29) is 40.5 Å². The Balaban J connectivity index is 0.000000241. The maximum atomic E-state index is 13.1. The van der Waals surface area contributed by atoms with Gasteiger partial charge >= 0.3 is 17.3 Å². The number of aromatic nitrogens is 6. The largest absolute Gasteiger partial charge is 0.493 e. The lowest BCUT2D eigenvalue weighted by atomic mass is 9.87. The van der Waals surface area contributed by atoms with E-state index in [4.69, 9.17) is 19.7 Å². The molecule has 13 heteroatoms. The summed E-state index contributed by atoms with van der Waals surface area (Å²) in [5.74, 6) is 2.28. The van der Waals surface area contributed by atoms with E-state index in [0.717, 1.165) is 94.9 Å². The smallest absolute Gasteiger partial charge is 0.346 e. The average Bonchev–Trinajstić information content (AvgIpc) is 4.08. The van der Waals surface area contributed by atoms with Gasteiger partial charge in [0, 0.05) is 43.5 Å². The lowest BCUT2D eigenvalue weighted by Gasteiger charge is -2.19. The van der Waals surface area contributed by atoms with Gasteiger partial charge in [0.15, 0.2) is 0 Å². The standard InChI is InChI=1S/C36H45N3O3.C35H43N3O4/c1-8-38-34(37-39(35(38)41)24-28-15-18-32(19-16-28)36(5,6)7)14-10-12-27-11-9-13-29(22-27)30-17-20-33(42-25(2)3)31(23-30)21-26(4)40;1-6-20-42-31-22-28(16-17-29(31)23-33(39)40)27-12-8-10-25(21-27)11-9-13-32-36-38(34(41)37(32)7-2)24-26-14-18-30(19-15-26)35(3,4)5/h9,11,13,15-20,22-23,25H,8,10,12,14,21,24H2,1-7H3;8,10,12,14-19,21-22H,6-7,9,11,13,20,23-24H2,1-5H3,(H,39,40). The fourth-order valence-corrected chi connectivity index (χ4v) is 10.4. The number of carbonyl (C=O) groups is 2. The third-order valence-corrected chi connectivity index (χ3v) is 14.9. The predicted molar refractivity (Wildman–Crippen MR) is 338 cm³/mol. The summed E-state index contributed by atoms with van der Waals surface area (Å²) in [6.07, 6.45) is 6.09. The number of aliphatic carboxylic acids is 1. The van der Waals surface area contributed by atoms with E-state index in [1.54, 1.807) is 25.4 Å². The number of rotatable bonds is 25. The topological polar surface area (TPSA) is 152 Å². The molecule has 0 spiro atoms. The summed E-state index contributed by atoms with van der Waals surface area (Å²) in [6.45, 7) is 27.4. The molecule has 2 heterocycles. The summed E-state index contributed by atoms with van der Waals surface area (Å²) in [7, 11) is 0. The predicted octanol–water partition coefficient (Wildman–Crippen LogP) is 13.8. The Kier molecular flexibility index (Phi) is 21.9. The van der Waals surface area contributed by atoms with Crippen LogP contribution in [0.25, 0.3) is 22.3 Å². The van der Waals surface area contributed by atoms with Crippen LogP contribution in [0.4, 0.5) is 0 Å². The van der Waals surface area contributed by atoms with Gasteiger partial charge in [-0.25, -0.2) is 19.0 Å². The minimum atomic E-state index is -0.876. The van der Waals surface area contributed by atoms with E-state index in [2.05, 4.69) is 145 Å². The second-order valence-electron chi connectivity index (χ2n) is 24.3. The highest BCUT2D eigenvalue weighted by molar-refractivity contribution is 5.80. The minimum Gasteiger partial charge on any atom is -0.493 e. The number of hydrogen-bond donors (Lipinski definition) is 1. The van der Waals surface area contributed by atoms with E-state index in [1.165, 1.54) is 22.3 Å². The molecule has 8 aromatic rings. The van der Waals surface area contributed by atoms with Crippen molar-refractivity contribution in [1.29, 1.82) is 0 Å².